The molecule has 2 amide bonds. The van der Waals surface area contributed by atoms with Crippen LogP contribution in [-0.4, -0.2) is 23.8 Å². The van der Waals surface area contributed by atoms with E-state index in [2.05, 4.69) is 29.5 Å². The zero-order chi connectivity index (χ0) is 17.0. The van der Waals surface area contributed by atoms with Crippen LogP contribution in [-0.2, 0) is 6.42 Å². The van der Waals surface area contributed by atoms with Gasteiger partial charge in [-0.05, 0) is 37.1 Å². The van der Waals surface area contributed by atoms with Crippen LogP contribution in [0.1, 0.15) is 44.6 Å². The van der Waals surface area contributed by atoms with Gasteiger partial charge in [0.25, 0.3) is 11.8 Å². The van der Waals surface area contributed by atoms with Crippen molar-refractivity contribution in [1.29, 1.82) is 0 Å². The minimum atomic E-state index is -0.164. The van der Waals surface area contributed by atoms with Crippen LogP contribution < -0.4 is 10.6 Å². The summed E-state index contributed by atoms with van der Waals surface area (Å²) < 4.78 is 0. The number of benzene rings is 1. The first-order chi connectivity index (χ1) is 10.9. The van der Waals surface area contributed by atoms with E-state index in [4.69, 9.17) is 0 Å². The lowest BCUT2D eigenvalue weighted by Crippen LogP contribution is -2.17. The molecule has 0 spiro atoms. The monoisotopic (exact) mass is 331 g/mol. The first-order valence-corrected chi connectivity index (χ1v) is 8.32. The highest BCUT2D eigenvalue weighted by atomic mass is 32.1. The van der Waals surface area contributed by atoms with E-state index in [9.17, 15) is 9.59 Å². The molecule has 1 aromatic carbocycles. The number of nitrogens with zero attached hydrogens (tertiary/aromatic N) is 1. The number of nitrogens with one attached hydrogen (secondary N) is 2. The van der Waals surface area contributed by atoms with Crippen LogP contribution in [0.5, 0.6) is 0 Å². The maximum absolute atomic E-state index is 12.4. The molecule has 1 aromatic heterocycles. The number of thiazole rings is 1. The molecule has 6 heteroatoms. The van der Waals surface area contributed by atoms with Crippen molar-refractivity contribution in [2.24, 2.45) is 5.92 Å². The fourth-order valence-corrected chi connectivity index (χ4v) is 3.31. The standard InChI is InChI=1S/C17H21N3O2S/c1-10(2)9-14-19-11(3)15(23-14)17(22)20-13-7-5-12(6-8-13)16(21)18-4/h5-8,10H,9H2,1-4H3,(H,18,21)(H,20,22). The molecular weight excluding hydrogens is 310 g/mol. The molecule has 122 valence electrons. The quantitative estimate of drug-likeness (QED) is 0.883. The molecule has 2 rings (SSSR count). The number of rotatable bonds is 5. The zero-order valence-corrected chi connectivity index (χ0v) is 14.6. The molecule has 2 aromatic rings. The number of carbonyl (C=O) groups excluding carboxylic acids is 2. The van der Waals surface area contributed by atoms with Gasteiger partial charge in [0.05, 0.1) is 10.7 Å². The van der Waals surface area contributed by atoms with Crippen LogP contribution >= 0.6 is 11.3 Å². The van der Waals surface area contributed by atoms with E-state index in [1.807, 2.05) is 6.92 Å². The molecule has 0 fully saturated rings. The van der Waals surface area contributed by atoms with Crippen molar-refractivity contribution in [3.63, 3.8) is 0 Å². The summed E-state index contributed by atoms with van der Waals surface area (Å²) in [5.74, 6) is 0.191. The summed E-state index contributed by atoms with van der Waals surface area (Å²) in [6, 6.07) is 6.79. The molecule has 0 aliphatic carbocycles. The fourth-order valence-electron chi connectivity index (χ4n) is 2.14. The first-order valence-electron chi connectivity index (χ1n) is 7.50. The molecular formula is C17H21N3O2S. The Balaban J connectivity index is 2.10. The van der Waals surface area contributed by atoms with Crippen molar-refractivity contribution in [1.82, 2.24) is 10.3 Å². The third-order valence-corrected chi connectivity index (χ3v) is 4.44. The van der Waals surface area contributed by atoms with E-state index in [0.29, 0.717) is 22.0 Å². The van der Waals surface area contributed by atoms with Crippen molar-refractivity contribution < 1.29 is 9.59 Å². The average Bonchev–Trinajstić information content (AvgIpc) is 2.87. The van der Waals surface area contributed by atoms with Gasteiger partial charge in [0.2, 0.25) is 0 Å². The van der Waals surface area contributed by atoms with Gasteiger partial charge in [-0.1, -0.05) is 13.8 Å². The van der Waals surface area contributed by atoms with Gasteiger partial charge in [-0.25, -0.2) is 4.98 Å². The highest BCUT2D eigenvalue weighted by Gasteiger charge is 2.16. The number of amides is 2. The Kier molecular flexibility index (Phi) is 5.50. The number of hydrogen-bond acceptors (Lipinski definition) is 4. The summed E-state index contributed by atoms with van der Waals surface area (Å²) in [6.07, 6.45) is 0.875. The van der Waals surface area contributed by atoms with Gasteiger partial charge in [-0.2, -0.15) is 0 Å². The van der Waals surface area contributed by atoms with E-state index >= 15 is 0 Å². The molecule has 0 radical (unpaired) electrons. The Morgan fingerprint density at radius 2 is 1.83 bits per heavy atom. The Labute approximate surface area is 140 Å². The Bertz CT molecular complexity index is 705. The number of aryl methyl sites for hydroxylation is 1. The second kappa shape index (κ2) is 7.37. The Hall–Kier alpha value is -2.21. The highest BCUT2D eigenvalue weighted by molar-refractivity contribution is 7.13. The molecule has 0 aliphatic heterocycles. The maximum Gasteiger partial charge on any atom is 0.267 e. The topological polar surface area (TPSA) is 71.1 Å². The van der Waals surface area contributed by atoms with E-state index in [0.717, 1.165) is 17.1 Å². The third kappa shape index (κ3) is 4.39. The van der Waals surface area contributed by atoms with E-state index in [-0.39, 0.29) is 11.8 Å². The Morgan fingerprint density at radius 1 is 1.17 bits per heavy atom. The van der Waals surface area contributed by atoms with Gasteiger partial charge in [0.1, 0.15) is 4.88 Å². The van der Waals surface area contributed by atoms with Gasteiger partial charge in [-0.15, -0.1) is 11.3 Å². The summed E-state index contributed by atoms with van der Waals surface area (Å²) in [5.41, 5.74) is 1.96. The molecule has 0 saturated carbocycles. The van der Waals surface area contributed by atoms with Crippen molar-refractivity contribution in [3.05, 3.63) is 45.4 Å². The van der Waals surface area contributed by atoms with Crippen molar-refractivity contribution in [3.8, 4) is 0 Å². The van der Waals surface area contributed by atoms with Gasteiger partial charge in [-0.3, -0.25) is 9.59 Å². The lowest BCUT2D eigenvalue weighted by atomic mass is 10.1. The summed E-state index contributed by atoms with van der Waals surface area (Å²) in [6.45, 7) is 6.11. The molecule has 23 heavy (non-hydrogen) atoms. The van der Waals surface area contributed by atoms with Crippen LogP contribution in [0, 0.1) is 12.8 Å². The second-order valence-electron chi connectivity index (χ2n) is 5.73. The predicted molar refractivity (Wildman–Crippen MR) is 93.2 cm³/mol. The normalized spacial score (nSPS) is 10.7. The zero-order valence-electron chi connectivity index (χ0n) is 13.8. The molecule has 0 unspecified atom stereocenters. The predicted octanol–water partition coefficient (Wildman–Crippen LogP) is 3.26. The van der Waals surface area contributed by atoms with E-state index in [1.54, 1.807) is 31.3 Å². The molecule has 0 aliphatic rings. The second-order valence-corrected chi connectivity index (χ2v) is 6.81. The molecule has 0 bridgehead atoms. The van der Waals surface area contributed by atoms with E-state index in [1.165, 1.54) is 11.3 Å². The van der Waals surface area contributed by atoms with Crippen molar-refractivity contribution in [2.45, 2.75) is 27.2 Å². The van der Waals surface area contributed by atoms with Crippen LogP contribution in [0.4, 0.5) is 5.69 Å². The van der Waals surface area contributed by atoms with Gasteiger partial charge in [0.15, 0.2) is 0 Å². The Morgan fingerprint density at radius 3 is 2.39 bits per heavy atom. The summed E-state index contributed by atoms with van der Waals surface area (Å²) in [5, 5.41) is 6.39. The smallest absolute Gasteiger partial charge is 0.267 e. The number of anilines is 1. The largest absolute Gasteiger partial charge is 0.355 e. The summed E-state index contributed by atoms with van der Waals surface area (Å²) in [4.78, 5) is 29.0. The highest BCUT2D eigenvalue weighted by Crippen LogP contribution is 2.22. The van der Waals surface area contributed by atoms with Gasteiger partial charge >= 0.3 is 0 Å². The third-order valence-electron chi connectivity index (χ3n) is 3.26. The van der Waals surface area contributed by atoms with Crippen LogP contribution in [0.3, 0.4) is 0 Å². The summed E-state index contributed by atoms with van der Waals surface area (Å²) in [7, 11) is 1.58. The molecule has 0 saturated heterocycles. The molecule has 2 N–H and O–H groups in total. The molecule has 1 heterocycles. The van der Waals surface area contributed by atoms with Gasteiger partial charge in [0, 0.05) is 24.7 Å². The lowest BCUT2D eigenvalue weighted by molar-refractivity contribution is 0.0962. The summed E-state index contributed by atoms with van der Waals surface area (Å²) >= 11 is 1.44. The van der Waals surface area contributed by atoms with Crippen LogP contribution in [0.25, 0.3) is 0 Å². The molecule has 5 nitrogen and oxygen atoms in total. The average molecular weight is 331 g/mol. The minimum Gasteiger partial charge on any atom is -0.355 e. The fraction of sp³-hybridized carbons (Fsp3) is 0.353. The van der Waals surface area contributed by atoms with E-state index < -0.39 is 0 Å². The number of hydrogen-bond donors (Lipinski definition) is 2. The lowest BCUT2D eigenvalue weighted by Gasteiger charge is -2.05. The number of aromatic nitrogens is 1. The van der Waals surface area contributed by atoms with Gasteiger partial charge < -0.3 is 10.6 Å². The molecule has 0 atom stereocenters. The minimum absolute atomic E-state index is 0.153. The van der Waals surface area contributed by atoms with Crippen molar-refractivity contribution in [2.75, 3.05) is 12.4 Å². The van der Waals surface area contributed by atoms with Crippen LogP contribution in [0.15, 0.2) is 24.3 Å². The van der Waals surface area contributed by atoms with Crippen LogP contribution in [0.2, 0.25) is 0 Å². The SMILES string of the molecule is CNC(=O)c1ccc(NC(=O)c2sc(CC(C)C)nc2C)cc1. The maximum atomic E-state index is 12.4. The van der Waals surface area contributed by atoms with Crippen molar-refractivity contribution >= 4 is 28.8 Å². The number of carbonyl (C=O) groups is 2. The first kappa shape index (κ1) is 17.1.